The number of rotatable bonds is 3. The van der Waals surface area contributed by atoms with Crippen molar-refractivity contribution in [3.63, 3.8) is 0 Å². The molecule has 92 valence electrons. The summed E-state index contributed by atoms with van der Waals surface area (Å²) >= 11 is 0. The van der Waals surface area contributed by atoms with Crippen LogP contribution in [0.15, 0.2) is 0 Å². The van der Waals surface area contributed by atoms with Crippen LogP contribution < -0.4 is 0 Å². The van der Waals surface area contributed by atoms with Crippen molar-refractivity contribution in [1.82, 2.24) is 4.90 Å². The Morgan fingerprint density at radius 2 is 2.25 bits per heavy atom. The van der Waals surface area contributed by atoms with Crippen LogP contribution in [0, 0.1) is 5.92 Å². The zero-order valence-corrected chi connectivity index (χ0v) is 9.58. The molecule has 0 N–H and O–H groups in total. The van der Waals surface area contributed by atoms with E-state index in [-0.39, 0.29) is 24.8 Å². The molecule has 0 spiro atoms. The molecular weight excluding hydrogens is 237 g/mol. The maximum atomic E-state index is 12.7. The predicted molar refractivity (Wildman–Crippen MR) is 53.9 cm³/mol. The van der Waals surface area contributed by atoms with E-state index in [1.54, 1.807) is 0 Å². The van der Waals surface area contributed by atoms with Crippen LogP contribution >= 0.6 is 0 Å². The van der Waals surface area contributed by atoms with Gasteiger partial charge in [-0.3, -0.25) is 4.79 Å². The first-order valence-corrected chi connectivity index (χ1v) is 6.70. The number of nitrogens with zero attached hydrogens (tertiary/aromatic N) is 1. The zero-order valence-electron chi connectivity index (χ0n) is 8.76. The number of hydrogen-bond acceptors (Lipinski definition) is 4. The molecule has 0 aromatic carbocycles. The first kappa shape index (κ1) is 11.8. The summed E-state index contributed by atoms with van der Waals surface area (Å²) in [5.74, 6) is -0.0249. The molecule has 2 aliphatic rings. The second-order valence-corrected chi connectivity index (χ2v) is 5.95. The Morgan fingerprint density at radius 1 is 1.50 bits per heavy atom. The van der Waals surface area contributed by atoms with Gasteiger partial charge >= 0.3 is 10.2 Å². The first-order valence-electron chi connectivity index (χ1n) is 5.26. The third-order valence-electron chi connectivity index (χ3n) is 3.08. The quantitative estimate of drug-likeness (QED) is 0.658. The van der Waals surface area contributed by atoms with Crippen molar-refractivity contribution in [3.8, 4) is 0 Å². The maximum absolute atomic E-state index is 12.7. The SMILES string of the molecule is O=C1CC(S(=O)(=O)F)CN1CC1CCOC1. The molecule has 2 heterocycles. The molecule has 16 heavy (non-hydrogen) atoms. The fourth-order valence-corrected chi connectivity index (χ4v) is 2.84. The van der Waals surface area contributed by atoms with Crippen molar-refractivity contribution in [2.24, 2.45) is 5.92 Å². The number of carbonyl (C=O) groups excluding carboxylic acids is 1. The molecule has 2 fully saturated rings. The standard InChI is InChI=1S/C9H14FNO4S/c10-16(13,14)8-3-9(12)11(5-8)4-7-1-2-15-6-7/h7-8H,1-6H2. The summed E-state index contributed by atoms with van der Waals surface area (Å²) in [6.45, 7) is 1.73. The van der Waals surface area contributed by atoms with Crippen LogP contribution in [0.4, 0.5) is 3.89 Å². The number of hydrogen-bond donors (Lipinski definition) is 0. The molecule has 0 aromatic rings. The minimum absolute atomic E-state index is 0.0197. The summed E-state index contributed by atoms with van der Waals surface area (Å²) < 4.78 is 39.3. The Bertz CT molecular complexity index is 377. The number of likely N-dealkylation sites (tertiary alicyclic amines) is 1. The molecule has 0 saturated carbocycles. The van der Waals surface area contributed by atoms with E-state index in [0.29, 0.717) is 19.8 Å². The average molecular weight is 251 g/mol. The van der Waals surface area contributed by atoms with Crippen molar-refractivity contribution in [1.29, 1.82) is 0 Å². The highest BCUT2D eigenvalue weighted by Gasteiger charge is 2.39. The van der Waals surface area contributed by atoms with E-state index < -0.39 is 15.5 Å². The summed E-state index contributed by atoms with van der Waals surface area (Å²) in [6.07, 6.45) is 0.642. The lowest BCUT2D eigenvalue weighted by atomic mass is 10.1. The first-order chi connectivity index (χ1) is 7.47. The Balaban J connectivity index is 1.94. The zero-order chi connectivity index (χ0) is 11.8. The van der Waals surface area contributed by atoms with Crippen molar-refractivity contribution >= 4 is 16.1 Å². The summed E-state index contributed by atoms with van der Waals surface area (Å²) in [5, 5.41) is -1.18. The van der Waals surface area contributed by atoms with Gasteiger partial charge in [0.1, 0.15) is 5.25 Å². The molecule has 0 aliphatic carbocycles. The highest BCUT2D eigenvalue weighted by atomic mass is 32.3. The number of carbonyl (C=O) groups is 1. The minimum atomic E-state index is -4.60. The van der Waals surface area contributed by atoms with E-state index in [0.717, 1.165) is 6.42 Å². The van der Waals surface area contributed by atoms with Crippen LogP contribution in [0.1, 0.15) is 12.8 Å². The second kappa shape index (κ2) is 4.29. The molecule has 7 heteroatoms. The van der Waals surface area contributed by atoms with Crippen molar-refractivity contribution in [2.45, 2.75) is 18.1 Å². The lowest BCUT2D eigenvalue weighted by Crippen LogP contribution is -2.32. The Morgan fingerprint density at radius 3 is 2.75 bits per heavy atom. The minimum Gasteiger partial charge on any atom is -0.381 e. The van der Waals surface area contributed by atoms with E-state index in [1.165, 1.54) is 4.90 Å². The van der Waals surface area contributed by atoms with Crippen molar-refractivity contribution in [3.05, 3.63) is 0 Å². The van der Waals surface area contributed by atoms with E-state index in [2.05, 4.69) is 0 Å². The molecule has 0 bridgehead atoms. The van der Waals surface area contributed by atoms with Crippen molar-refractivity contribution in [2.75, 3.05) is 26.3 Å². The van der Waals surface area contributed by atoms with Crippen LogP contribution in [-0.2, 0) is 19.8 Å². The normalized spacial score (nSPS) is 31.3. The third-order valence-corrected chi connectivity index (χ3v) is 4.19. The van der Waals surface area contributed by atoms with Gasteiger partial charge in [-0.15, -0.1) is 3.89 Å². The van der Waals surface area contributed by atoms with Crippen LogP contribution in [0.3, 0.4) is 0 Å². The molecule has 5 nitrogen and oxygen atoms in total. The lowest BCUT2D eigenvalue weighted by molar-refractivity contribution is -0.128. The van der Waals surface area contributed by atoms with E-state index in [1.807, 2.05) is 0 Å². The molecule has 0 radical (unpaired) electrons. The van der Waals surface area contributed by atoms with Gasteiger partial charge in [-0.1, -0.05) is 0 Å². The molecular formula is C9H14FNO4S. The summed E-state index contributed by atoms with van der Waals surface area (Å²) in [6, 6.07) is 0. The van der Waals surface area contributed by atoms with Gasteiger partial charge in [0.15, 0.2) is 0 Å². The van der Waals surface area contributed by atoms with Crippen LogP contribution in [-0.4, -0.2) is 50.8 Å². The average Bonchev–Trinajstić information content (AvgIpc) is 2.76. The summed E-state index contributed by atoms with van der Waals surface area (Å²) in [5.41, 5.74) is 0. The highest BCUT2D eigenvalue weighted by molar-refractivity contribution is 7.87. The monoisotopic (exact) mass is 251 g/mol. The molecule has 2 atom stereocenters. The molecule has 0 aromatic heterocycles. The van der Waals surface area contributed by atoms with E-state index in [4.69, 9.17) is 4.74 Å². The van der Waals surface area contributed by atoms with Crippen LogP contribution in [0.2, 0.25) is 0 Å². The fourth-order valence-electron chi connectivity index (χ4n) is 2.14. The van der Waals surface area contributed by atoms with Crippen molar-refractivity contribution < 1.29 is 21.8 Å². The second-order valence-electron chi connectivity index (χ2n) is 4.33. The van der Waals surface area contributed by atoms with Gasteiger partial charge in [-0.05, 0) is 6.42 Å². The van der Waals surface area contributed by atoms with Gasteiger partial charge in [-0.2, -0.15) is 8.42 Å². The van der Waals surface area contributed by atoms with Gasteiger partial charge in [-0.25, -0.2) is 0 Å². The molecule has 2 aliphatic heterocycles. The van der Waals surface area contributed by atoms with E-state index >= 15 is 0 Å². The third kappa shape index (κ3) is 2.52. The summed E-state index contributed by atoms with van der Waals surface area (Å²) in [7, 11) is -4.60. The topological polar surface area (TPSA) is 63.7 Å². The Labute approximate surface area is 93.8 Å². The van der Waals surface area contributed by atoms with Gasteiger partial charge in [0, 0.05) is 32.0 Å². The summed E-state index contributed by atoms with van der Waals surface area (Å²) in [4.78, 5) is 12.9. The number of amides is 1. The molecule has 1 amide bonds. The maximum Gasteiger partial charge on any atom is 0.307 e. The molecule has 2 unspecified atom stereocenters. The highest BCUT2D eigenvalue weighted by Crippen LogP contribution is 2.22. The molecule has 2 rings (SSSR count). The fraction of sp³-hybridized carbons (Fsp3) is 0.889. The molecule has 2 saturated heterocycles. The van der Waals surface area contributed by atoms with Crippen LogP contribution in [0.25, 0.3) is 0 Å². The predicted octanol–water partition coefficient (Wildman–Crippen LogP) is -0.0769. The Kier molecular flexibility index (Phi) is 3.16. The van der Waals surface area contributed by atoms with Gasteiger partial charge < -0.3 is 9.64 Å². The van der Waals surface area contributed by atoms with Crippen LogP contribution in [0.5, 0.6) is 0 Å². The van der Waals surface area contributed by atoms with Gasteiger partial charge in [0.05, 0.1) is 6.61 Å². The lowest BCUT2D eigenvalue weighted by Gasteiger charge is -2.19. The van der Waals surface area contributed by atoms with E-state index in [9.17, 15) is 17.1 Å². The van der Waals surface area contributed by atoms with Gasteiger partial charge in [0.2, 0.25) is 5.91 Å². The number of ether oxygens (including phenoxy) is 1. The Hall–Kier alpha value is -0.690. The van der Waals surface area contributed by atoms with Gasteiger partial charge in [0.25, 0.3) is 0 Å². The largest absolute Gasteiger partial charge is 0.381 e. The number of halogens is 1. The smallest absolute Gasteiger partial charge is 0.307 e.